The summed E-state index contributed by atoms with van der Waals surface area (Å²) in [6.45, 7) is -0.746. The van der Waals surface area contributed by atoms with Crippen LogP contribution in [-0.2, 0) is 4.79 Å². The lowest BCUT2D eigenvalue weighted by Crippen LogP contribution is -2.46. The van der Waals surface area contributed by atoms with E-state index in [2.05, 4.69) is 10.1 Å². The molecule has 1 amide bonds. The number of hydrogen-bond acceptors (Lipinski definition) is 5. The predicted molar refractivity (Wildman–Crippen MR) is 95.7 cm³/mol. The second-order valence-electron chi connectivity index (χ2n) is 6.29. The molecule has 1 aliphatic rings. The summed E-state index contributed by atoms with van der Waals surface area (Å²) >= 11 is 1.32. The molecule has 3 heterocycles. The van der Waals surface area contributed by atoms with Crippen molar-refractivity contribution in [2.45, 2.75) is 25.1 Å². The third-order valence-electron chi connectivity index (χ3n) is 4.37. The fraction of sp³-hybridized carbons (Fsp3) is 0.353. The molecule has 2 aromatic heterocycles. The number of alkyl halides is 3. The van der Waals surface area contributed by atoms with Gasteiger partial charge in [-0.1, -0.05) is 41.7 Å². The molecule has 1 aromatic carbocycles. The first-order valence-electron chi connectivity index (χ1n) is 8.43. The number of hydrogen-bond donors (Lipinski definition) is 1. The highest BCUT2D eigenvalue weighted by Crippen LogP contribution is 2.31. The van der Waals surface area contributed by atoms with Crippen molar-refractivity contribution in [2.24, 2.45) is 0 Å². The van der Waals surface area contributed by atoms with E-state index in [0.29, 0.717) is 23.1 Å². The molecule has 1 fully saturated rings. The van der Waals surface area contributed by atoms with E-state index in [1.807, 2.05) is 35.6 Å². The van der Waals surface area contributed by atoms with Gasteiger partial charge in [0, 0.05) is 12.1 Å². The van der Waals surface area contributed by atoms with Crippen molar-refractivity contribution in [2.75, 3.05) is 18.0 Å². The first-order valence-corrected chi connectivity index (χ1v) is 9.25. The predicted octanol–water partition coefficient (Wildman–Crippen LogP) is 3.11. The monoisotopic (exact) mass is 395 g/mol. The molecule has 1 N–H and O–H groups in total. The SMILES string of the molecule is O=C(NCC(F)(F)F)[C@H]1CCCN1c1nn2cc(-c3ccccc3)nc2s1. The van der Waals surface area contributed by atoms with Gasteiger partial charge in [0.2, 0.25) is 16.0 Å². The number of fused-ring (bicyclic) bond motifs is 1. The molecule has 0 spiro atoms. The Morgan fingerprint density at radius 2 is 2.07 bits per heavy atom. The normalized spacial score (nSPS) is 17.6. The number of nitrogens with zero attached hydrogens (tertiary/aromatic N) is 4. The van der Waals surface area contributed by atoms with Crippen LogP contribution in [0.2, 0.25) is 0 Å². The van der Waals surface area contributed by atoms with Crippen molar-refractivity contribution >= 4 is 27.3 Å². The fourth-order valence-electron chi connectivity index (χ4n) is 3.13. The number of aromatic nitrogens is 3. The van der Waals surface area contributed by atoms with E-state index >= 15 is 0 Å². The van der Waals surface area contributed by atoms with Gasteiger partial charge in [-0.2, -0.15) is 13.2 Å². The number of nitrogens with one attached hydrogen (secondary N) is 1. The molecule has 0 aliphatic carbocycles. The molecule has 0 bridgehead atoms. The van der Waals surface area contributed by atoms with Crippen LogP contribution in [0.5, 0.6) is 0 Å². The highest BCUT2D eigenvalue weighted by molar-refractivity contribution is 7.20. The number of anilines is 1. The summed E-state index contributed by atoms with van der Waals surface area (Å²) in [6, 6.07) is 9.04. The largest absolute Gasteiger partial charge is 0.405 e. The standard InChI is InChI=1S/C17H16F3N5OS/c18-17(19,20)10-21-14(26)13-7-4-8-24(13)16-23-25-9-12(22-15(25)27-16)11-5-2-1-3-6-11/h1-3,5-6,9,13H,4,7-8,10H2,(H,21,26)/t13-/m1/s1. The Kier molecular flexibility index (Phi) is 4.50. The van der Waals surface area contributed by atoms with Crippen LogP contribution in [0.25, 0.3) is 16.2 Å². The highest BCUT2D eigenvalue weighted by atomic mass is 32.1. The van der Waals surface area contributed by atoms with Crippen LogP contribution in [0.4, 0.5) is 18.3 Å². The summed E-state index contributed by atoms with van der Waals surface area (Å²) in [7, 11) is 0. The third-order valence-corrected chi connectivity index (χ3v) is 5.33. The van der Waals surface area contributed by atoms with E-state index in [1.165, 1.54) is 11.3 Å². The molecule has 4 rings (SSSR count). The lowest BCUT2D eigenvalue weighted by molar-refractivity contribution is -0.139. The molecule has 1 aliphatic heterocycles. The van der Waals surface area contributed by atoms with Gasteiger partial charge in [0.1, 0.15) is 12.6 Å². The van der Waals surface area contributed by atoms with E-state index in [4.69, 9.17) is 0 Å². The van der Waals surface area contributed by atoms with E-state index in [0.717, 1.165) is 17.7 Å². The summed E-state index contributed by atoms with van der Waals surface area (Å²) in [5.74, 6) is -0.623. The van der Waals surface area contributed by atoms with Gasteiger partial charge in [-0.25, -0.2) is 9.50 Å². The van der Waals surface area contributed by atoms with Gasteiger partial charge < -0.3 is 10.2 Å². The van der Waals surface area contributed by atoms with Gasteiger partial charge >= 0.3 is 6.18 Å². The number of halogens is 3. The molecule has 27 heavy (non-hydrogen) atoms. The average Bonchev–Trinajstić information content (AvgIpc) is 3.33. The molecular formula is C17H16F3N5OS. The van der Waals surface area contributed by atoms with Gasteiger partial charge in [-0.15, -0.1) is 5.10 Å². The van der Waals surface area contributed by atoms with Gasteiger partial charge in [0.05, 0.1) is 11.9 Å². The lowest BCUT2D eigenvalue weighted by Gasteiger charge is -2.22. The summed E-state index contributed by atoms with van der Waals surface area (Å²) in [5, 5.41) is 7.04. The van der Waals surface area contributed by atoms with Gasteiger partial charge in [0.15, 0.2) is 0 Å². The molecular weight excluding hydrogens is 379 g/mol. The molecule has 1 atom stereocenters. The Bertz CT molecular complexity index is 921. The first kappa shape index (κ1) is 17.8. The Morgan fingerprint density at radius 1 is 1.30 bits per heavy atom. The van der Waals surface area contributed by atoms with Crippen LogP contribution >= 0.6 is 11.3 Å². The summed E-state index contributed by atoms with van der Waals surface area (Å²) < 4.78 is 38.7. The number of benzene rings is 1. The minimum absolute atomic E-state index is 0.501. The van der Waals surface area contributed by atoms with Crippen LogP contribution in [0.3, 0.4) is 0 Å². The maximum atomic E-state index is 12.3. The molecule has 1 saturated heterocycles. The van der Waals surface area contributed by atoms with E-state index < -0.39 is 24.7 Å². The van der Waals surface area contributed by atoms with Crippen molar-refractivity contribution in [3.8, 4) is 11.3 Å². The zero-order valence-electron chi connectivity index (χ0n) is 14.1. The number of amides is 1. The topological polar surface area (TPSA) is 62.5 Å². The molecule has 3 aromatic rings. The Hall–Kier alpha value is -2.62. The maximum absolute atomic E-state index is 12.3. The van der Waals surface area contributed by atoms with Crippen molar-refractivity contribution in [1.82, 2.24) is 19.9 Å². The molecule has 142 valence electrons. The quantitative estimate of drug-likeness (QED) is 0.738. The maximum Gasteiger partial charge on any atom is 0.405 e. The van der Waals surface area contributed by atoms with Crippen molar-refractivity contribution < 1.29 is 18.0 Å². The van der Waals surface area contributed by atoms with E-state index in [1.54, 1.807) is 15.6 Å². The number of carbonyl (C=O) groups excluding carboxylic acids is 1. The molecule has 0 saturated carbocycles. The summed E-state index contributed by atoms with van der Waals surface area (Å²) in [6.07, 6.45) is -1.39. The minimum Gasteiger partial charge on any atom is -0.345 e. The number of rotatable bonds is 4. The second kappa shape index (κ2) is 6.84. The molecule has 0 radical (unpaired) electrons. The van der Waals surface area contributed by atoms with Crippen molar-refractivity contribution in [3.63, 3.8) is 0 Å². The lowest BCUT2D eigenvalue weighted by atomic mass is 10.2. The van der Waals surface area contributed by atoms with Crippen molar-refractivity contribution in [1.29, 1.82) is 0 Å². The van der Waals surface area contributed by atoms with Crippen LogP contribution < -0.4 is 10.2 Å². The second-order valence-corrected chi connectivity index (χ2v) is 7.22. The van der Waals surface area contributed by atoms with Gasteiger partial charge in [-0.3, -0.25) is 4.79 Å². The van der Waals surface area contributed by atoms with Crippen LogP contribution in [0.15, 0.2) is 36.5 Å². The summed E-state index contributed by atoms with van der Waals surface area (Å²) in [4.78, 5) is 19.2. The third kappa shape index (κ3) is 3.75. The zero-order chi connectivity index (χ0) is 19.0. The number of imidazole rings is 1. The van der Waals surface area contributed by atoms with Gasteiger partial charge in [0.25, 0.3) is 0 Å². The Labute approximate surface area is 156 Å². The minimum atomic E-state index is -4.42. The summed E-state index contributed by atoms with van der Waals surface area (Å²) in [5.41, 5.74) is 1.77. The van der Waals surface area contributed by atoms with E-state index in [9.17, 15) is 18.0 Å². The van der Waals surface area contributed by atoms with Crippen LogP contribution in [0.1, 0.15) is 12.8 Å². The zero-order valence-corrected chi connectivity index (χ0v) is 14.9. The number of carbonyl (C=O) groups is 1. The van der Waals surface area contributed by atoms with Gasteiger partial charge in [-0.05, 0) is 12.8 Å². The molecule has 10 heteroatoms. The first-order chi connectivity index (χ1) is 12.9. The molecule has 6 nitrogen and oxygen atoms in total. The van der Waals surface area contributed by atoms with Crippen LogP contribution in [0, 0.1) is 0 Å². The smallest absolute Gasteiger partial charge is 0.345 e. The Morgan fingerprint density at radius 3 is 2.78 bits per heavy atom. The van der Waals surface area contributed by atoms with Crippen molar-refractivity contribution in [3.05, 3.63) is 36.5 Å². The highest BCUT2D eigenvalue weighted by Gasteiger charge is 2.35. The molecule has 0 unspecified atom stereocenters. The van der Waals surface area contributed by atoms with E-state index in [-0.39, 0.29) is 0 Å². The Balaban J connectivity index is 1.53. The van der Waals surface area contributed by atoms with Crippen LogP contribution in [-0.4, -0.2) is 45.8 Å². The average molecular weight is 395 g/mol. The fourth-order valence-corrected chi connectivity index (χ4v) is 4.09.